The van der Waals surface area contributed by atoms with Crippen molar-refractivity contribution in [2.45, 2.75) is 6.54 Å². The largest absolute Gasteiger partial charge is 0.443 e. The van der Waals surface area contributed by atoms with E-state index >= 15 is 0 Å². The molecule has 5 nitrogen and oxygen atoms in total. The molecule has 2 aromatic heterocycles. The molecule has 5 heteroatoms. The molecule has 0 atom stereocenters. The summed E-state index contributed by atoms with van der Waals surface area (Å²) in [5, 5.41) is 3.28. The van der Waals surface area contributed by atoms with Crippen LogP contribution in [0.3, 0.4) is 0 Å². The minimum absolute atomic E-state index is 0.677. The molecular weight excluding hydrogens is 252 g/mol. The van der Waals surface area contributed by atoms with Crippen LogP contribution in [-0.4, -0.2) is 15.0 Å². The van der Waals surface area contributed by atoms with E-state index in [-0.39, 0.29) is 0 Å². The summed E-state index contributed by atoms with van der Waals surface area (Å²) in [6, 6.07) is 13.9. The molecule has 0 aliphatic heterocycles. The molecule has 0 aliphatic rings. The molecule has 0 aliphatic carbocycles. The number of nitrogens with one attached hydrogen (secondary N) is 2. The average molecular weight is 264 g/mol. The maximum atomic E-state index is 5.30. The second kappa shape index (κ2) is 4.38. The van der Waals surface area contributed by atoms with Crippen LogP contribution in [0.1, 0.15) is 5.56 Å². The smallest absolute Gasteiger partial charge is 0.201 e. The van der Waals surface area contributed by atoms with Crippen molar-refractivity contribution in [3.8, 4) is 0 Å². The van der Waals surface area contributed by atoms with E-state index in [1.165, 1.54) is 6.39 Å². The monoisotopic (exact) mass is 264 g/mol. The number of H-pyrrole nitrogens is 1. The lowest BCUT2D eigenvalue weighted by molar-refractivity contribution is 0.602. The second-order valence-corrected chi connectivity index (χ2v) is 4.61. The molecule has 20 heavy (non-hydrogen) atoms. The third-order valence-corrected chi connectivity index (χ3v) is 3.25. The van der Waals surface area contributed by atoms with Gasteiger partial charge in [-0.25, -0.2) is 9.97 Å². The highest BCUT2D eigenvalue weighted by molar-refractivity contribution is 5.77. The van der Waals surface area contributed by atoms with Gasteiger partial charge in [0.05, 0.1) is 11.0 Å². The van der Waals surface area contributed by atoms with Gasteiger partial charge < -0.3 is 14.7 Å². The predicted octanol–water partition coefficient (Wildman–Crippen LogP) is 3.32. The third-order valence-electron chi connectivity index (χ3n) is 3.25. The standard InChI is InChI=1S/C15H12N4O/c1-2-4-12-11(3-1)18-15(19-12)16-8-10-5-6-13-14(7-10)20-9-17-13/h1-7,9H,8H2,(H2,16,18,19). The Morgan fingerprint density at radius 1 is 1.10 bits per heavy atom. The summed E-state index contributed by atoms with van der Waals surface area (Å²) in [5.41, 5.74) is 4.78. The first-order chi connectivity index (χ1) is 9.88. The summed E-state index contributed by atoms with van der Waals surface area (Å²) in [7, 11) is 0. The highest BCUT2D eigenvalue weighted by atomic mass is 16.3. The molecule has 4 aromatic rings. The Balaban J connectivity index is 1.56. The summed E-state index contributed by atoms with van der Waals surface area (Å²) in [5.74, 6) is 0.767. The molecule has 98 valence electrons. The van der Waals surface area contributed by atoms with Gasteiger partial charge in [0.25, 0.3) is 0 Å². The molecule has 2 heterocycles. The summed E-state index contributed by atoms with van der Waals surface area (Å²) < 4.78 is 5.30. The van der Waals surface area contributed by atoms with Crippen molar-refractivity contribution >= 4 is 28.1 Å². The molecule has 4 rings (SSSR count). The number of aromatic amines is 1. The highest BCUT2D eigenvalue weighted by Crippen LogP contribution is 2.17. The van der Waals surface area contributed by atoms with E-state index in [1.807, 2.05) is 42.5 Å². The molecular formula is C15H12N4O. The fourth-order valence-corrected chi connectivity index (χ4v) is 2.23. The zero-order valence-corrected chi connectivity index (χ0v) is 10.6. The van der Waals surface area contributed by atoms with E-state index < -0.39 is 0 Å². The van der Waals surface area contributed by atoms with E-state index in [2.05, 4.69) is 20.3 Å². The fourth-order valence-electron chi connectivity index (χ4n) is 2.23. The summed E-state index contributed by atoms with van der Waals surface area (Å²) in [6.45, 7) is 0.677. The first kappa shape index (κ1) is 11.0. The van der Waals surface area contributed by atoms with Crippen molar-refractivity contribution < 1.29 is 4.42 Å². The molecule has 2 aromatic carbocycles. The molecule has 0 unspecified atom stereocenters. The van der Waals surface area contributed by atoms with Crippen molar-refractivity contribution in [3.63, 3.8) is 0 Å². The molecule has 0 amide bonds. The number of fused-ring (bicyclic) bond motifs is 2. The van der Waals surface area contributed by atoms with E-state index in [0.717, 1.165) is 33.6 Å². The van der Waals surface area contributed by atoms with Crippen molar-refractivity contribution in [3.05, 3.63) is 54.4 Å². The van der Waals surface area contributed by atoms with Gasteiger partial charge in [-0.3, -0.25) is 0 Å². The van der Waals surface area contributed by atoms with E-state index in [4.69, 9.17) is 4.42 Å². The first-order valence-corrected chi connectivity index (χ1v) is 6.39. The number of oxazole rings is 1. The van der Waals surface area contributed by atoms with Crippen LogP contribution in [0.5, 0.6) is 0 Å². The van der Waals surface area contributed by atoms with Gasteiger partial charge in [-0.15, -0.1) is 0 Å². The second-order valence-electron chi connectivity index (χ2n) is 4.61. The Bertz CT molecular complexity index is 842. The minimum atomic E-state index is 0.677. The molecule has 0 saturated heterocycles. The predicted molar refractivity (Wildman–Crippen MR) is 77.4 cm³/mol. The van der Waals surface area contributed by atoms with Gasteiger partial charge in [0.2, 0.25) is 5.95 Å². The lowest BCUT2D eigenvalue weighted by Gasteiger charge is -2.02. The number of hydrogen-bond donors (Lipinski definition) is 2. The van der Waals surface area contributed by atoms with Gasteiger partial charge in [0.15, 0.2) is 12.0 Å². The van der Waals surface area contributed by atoms with E-state index in [0.29, 0.717) is 6.54 Å². The Kier molecular flexibility index (Phi) is 2.42. The van der Waals surface area contributed by atoms with Gasteiger partial charge in [-0.05, 0) is 29.8 Å². The van der Waals surface area contributed by atoms with E-state index in [9.17, 15) is 0 Å². The van der Waals surface area contributed by atoms with Crippen LogP contribution in [0.4, 0.5) is 5.95 Å². The number of nitrogens with zero attached hydrogens (tertiary/aromatic N) is 2. The maximum Gasteiger partial charge on any atom is 0.201 e. The van der Waals surface area contributed by atoms with Crippen molar-refractivity contribution in [1.82, 2.24) is 15.0 Å². The zero-order chi connectivity index (χ0) is 13.4. The third kappa shape index (κ3) is 1.89. The molecule has 0 radical (unpaired) electrons. The number of imidazole rings is 1. The van der Waals surface area contributed by atoms with Crippen LogP contribution in [-0.2, 0) is 6.54 Å². The number of rotatable bonds is 3. The number of anilines is 1. The van der Waals surface area contributed by atoms with Crippen LogP contribution in [0.2, 0.25) is 0 Å². The van der Waals surface area contributed by atoms with Crippen LogP contribution in [0.15, 0.2) is 53.3 Å². The first-order valence-electron chi connectivity index (χ1n) is 6.39. The number of para-hydroxylation sites is 2. The Labute approximate surface area is 114 Å². The number of benzene rings is 2. The molecule has 0 fully saturated rings. The summed E-state index contributed by atoms with van der Waals surface area (Å²) >= 11 is 0. The van der Waals surface area contributed by atoms with Gasteiger partial charge in [-0.1, -0.05) is 18.2 Å². The maximum absolute atomic E-state index is 5.30. The molecule has 0 spiro atoms. The number of aromatic nitrogens is 3. The topological polar surface area (TPSA) is 66.7 Å². The summed E-state index contributed by atoms with van der Waals surface area (Å²) in [4.78, 5) is 11.8. The van der Waals surface area contributed by atoms with Crippen LogP contribution in [0.25, 0.3) is 22.1 Å². The fraction of sp³-hybridized carbons (Fsp3) is 0.0667. The lowest BCUT2D eigenvalue weighted by atomic mass is 10.2. The summed E-state index contributed by atoms with van der Waals surface area (Å²) in [6.07, 6.45) is 1.46. The Hall–Kier alpha value is -2.82. The van der Waals surface area contributed by atoms with Gasteiger partial charge in [0, 0.05) is 6.54 Å². The van der Waals surface area contributed by atoms with Crippen molar-refractivity contribution in [1.29, 1.82) is 0 Å². The van der Waals surface area contributed by atoms with Crippen LogP contribution < -0.4 is 5.32 Å². The Morgan fingerprint density at radius 2 is 2.05 bits per heavy atom. The van der Waals surface area contributed by atoms with Gasteiger partial charge >= 0.3 is 0 Å². The minimum Gasteiger partial charge on any atom is -0.443 e. The van der Waals surface area contributed by atoms with Crippen LogP contribution in [0, 0.1) is 0 Å². The highest BCUT2D eigenvalue weighted by Gasteiger charge is 2.03. The van der Waals surface area contributed by atoms with Crippen molar-refractivity contribution in [2.75, 3.05) is 5.32 Å². The molecule has 0 bridgehead atoms. The normalized spacial score (nSPS) is 11.2. The Morgan fingerprint density at radius 3 is 3.00 bits per heavy atom. The van der Waals surface area contributed by atoms with E-state index in [1.54, 1.807) is 0 Å². The van der Waals surface area contributed by atoms with Crippen molar-refractivity contribution in [2.24, 2.45) is 0 Å². The quantitative estimate of drug-likeness (QED) is 0.595. The molecule has 2 N–H and O–H groups in total. The average Bonchev–Trinajstić information content (AvgIpc) is 3.10. The lowest BCUT2D eigenvalue weighted by Crippen LogP contribution is -2.00. The van der Waals surface area contributed by atoms with Gasteiger partial charge in [0.1, 0.15) is 5.52 Å². The zero-order valence-electron chi connectivity index (χ0n) is 10.6. The molecule has 0 saturated carbocycles. The number of hydrogen-bond acceptors (Lipinski definition) is 4. The SMILES string of the molecule is c1ccc2[nH]c(NCc3ccc4ncoc4c3)nc2c1. The van der Waals surface area contributed by atoms with Crippen LogP contribution >= 0.6 is 0 Å². The van der Waals surface area contributed by atoms with Gasteiger partial charge in [-0.2, -0.15) is 0 Å².